The molecule has 0 aliphatic heterocycles. The number of hydrogen-bond donors (Lipinski definition) is 3. The molecule has 2 aromatic rings. The van der Waals surface area contributed by atoms with Crippen molar-refractivity contribution in [2.45, 2.75) is 46.7 Å². The molecule has 1 amide bonds. The van der Waals surface area contributed by atoms with E-state index in [-0.39, 0.29) is 29.9 Å². The molecule has 1 aromatic carbocycles. The highest BCUT2D eigenvalue weighted by atomic mass is 127. The highest BCUT2D eigenvalue weighted by molar-refractivity contribution is 14.0. The highest BCUT2D eigenvalue weighted by Crippen LogP contribution is 2.15. The molecular weight excluding hydrogens is 469 g/mol. The predicted octanol–water partition coefficient (Wildman–Crippen LogP) is 3.03. The van der Waals surface area contributed by atoms with Gasteiger partial charge in [-0.1, -0.05) is 31.1 Å². The molecule has 0 saturated heterocycles. The van der Waals surface area contributed by atoms with Crippen LogP contribution in [0.4, 0.5) is 0 Å². The summed E-state index contributed by atoms with van der Waals surface area (Å²) in [4.78, 5) is 16.2. The molecule has 0 bridgehead atoms. The van der Waals surface area contributed by atoms with E-state index in [2.05, 4.69) is 39.9 Å². The summed E-state index contributed by atoms with van der Waals surface area (Å²) in [6, 6.07) is 7.45. The van der Waals surface area contributed by atoms with Crippen molar-refractivity contribution in [3.63, 3.8) is 0 Å². The number of hydrogen-bond acceptors (Lipinski definition) is 4. The van der Waals surface area contributed by atoms with Gasteiger partial charge in [0.1, 0.15) is 5.76 Å². The van der Waals surface area contributed by atoms with Crippen molar-refractivity contribution < 1.29 is 9.32 Å². The lowest BCUT2D eigenvalue weighted by Crippen LogP contribution is -2.37. The van der Waals surface area contributed by atoms with E-state index >= 15 is 0 Å². The third-order valence-electron chi connectivity index (χ3n) is 4.25. The minimum absolute atomic E-state index is 0. The van der Waals surface area contributed by atoms with Crippen molar-refractivity contribution in [3.8, 4) is 0 Å². The van der Waals surface area contributed by atoms with Gasteiger partial charge in [-0.05, 0) is 31.0 Å². The Balaban J connectivity index is 0.00000392. The number of aryl methyl sites for hydroxylation is 2. The van der Waals surface area contributed by atoms with Crippen molar-refractivity contribution in [3.05, 3.63) is 52.4 Å². The number of carbonyl (C=O) groups is 1. The summed E-state index contributed by atoms with van der Waals surface area (Å²) < 4.78 is 5.41. The fourth-order valence-corrected chi connectivity index (χ4v) is 2.73. The second-order valence-corrected chi connectivity index (χ2v) is 6.06. The molecule has 0 radical (unpaired) electrons. The molecular formula is C20H30IN5O2. The van der Waals surface area contributed by atoms with Gasteiger partial charge >= 0.3 is 0 Å². The number of amides is 1. The molecule has 154 valence electrons. The van der Waals surface area contributed by atoms with Crippen LogP contribution in [0.2, 0.25) is 0 Å². The van der Waals surface area contributed by atoms with Gasteiger partial charge in [-0.3, -0.25) is 4.79 Å². The maximum absolute atomic E-state index is 11.6. The van der Waals surface area contributed by atoms with Gasteiger partial charge in [-0.2, -0.15) is 0 Å². The molecule has 0 spiro atoms. The molecule has 0 fully saturated rings. The monoisotopic (exact) mass is 499 g/mol. The van der Waals surface area contributed by atoms with Crippen molar-refractivity contribution in [2.75, 3.05) is 13.6 Å². The molecule has 1 aromatic heterocycles. The van der Waals surface area contributed by atoms with E-state index in [0.29, 0.717) is 18.7 Å². The lowest BCUT2D eigenvalue weighted by atomic mass is 10.1. The van der Waals surface area contributed by atoms with Crippen LogP contribution in [-0.4, -0.2) is 30.6 Å². The smallest absolute Gasteiger partial charge is 0.251 e. The number of carbonyl (C=O) groups excluding carboxylic acids is 1. The average Bonchev–Trinajstić information content (AvgIpc) is 3.11. The minimum Gasteiger partial charge on any atom is -0.361 e. The molecule has 7 nitrogen and oxygen atoms in total. The van der Waals surface area contributed by atoms with Crippen LogP contribution in [0.3, 0.4) is 0 Å². The van der Waals surface area contributed by atoms with Crippen LogP contribution in [0.25, 0.3) is 0 Å². The molecule has 0 saturated carbocycles. The van der Waals surface area contributed by atoms with Gasteiger partial charge in [-0.25, -0.2) is 4.99 Å². The Morgan fingerprint density at radius 3 is 2.39 bits per heavy atom. The zero-order valence-corrected chi connectivity index (χ0v) is 19.3. The summed E-state index contributed by atoms with van der Waals surface area (Å²) in [7, 11) is 1.62. The molecule has 0 unspecified atom stereocenters. The van der Waals surface area contributed by atoms with Crippen LogP contribution < -0.4 is 16.0 Å². The normalized spacial score (nSPS) is 10.9. The van der Waals surface area contributed by atoms with E-state index in [1.165, 1.54) is 0 Å². The molecule has 3 N–H and O–H groups in total. The van der Waals surface area contributed by atoms with Crippen molar-refractivity contribution in [1.29, 1.82) is 0 Å². The summed E-state index contributed by atoms with van der Waals surface area (Å²) in [5, 5.41) is 13.4. The molecule has 2 rings (SSSR count). The first-order chi connectivity index (χ1) is 13.1. The molecule has 28 heavy (non-hydrogen) atoms. The number of nitrogens with one attached hydrogen (secondary N) is 3. The van der Waals surface area contributed by atoms with Crippen molar-refractivity contribution >= 4 is 35.8 Å². The second-order valence-electron chi connectivity index (χ2n) is 6.06. The summed E-state index contributed by atoms with van der Waals surface area (Å²) >= 11 is 0. The van der Waals surface area contributed by atoms with Gasteiger partial charge < -0.3 is 20.5 Å². The Bertz CT molecular complexity index is 750. The molecule has 1 heterocycles. The first kappa shape index (κ1) is 23.9. The third kappa shape index (κ3) is 6.50. The Labute approximate surface area is 183 Å². The quantitative estimate of drug-likeness (QED) is 0.295. The van der Waals surface area contributed by atoms with Crippen LogP contribution in [0.1, 0.15) is 53.7 Å². The number of aromatic nitrogens is 1. The molecule has 0 aliphatic carbocycles. The lowest BCUT2D eigenvalue weighted by molar-refractivity contribution is 0.0963. The Hall–Kier alpha value is -2.10. The second kappa shape index (κ2) is 12.4. The zero-order valence-electron chi connectivity index (χ0n) is 17.0. The number of guanidine groups is 1. The van der Waals surface area contributed by atoms with Crippen LogP contribution >= 0.6 is 24.0 Å². The summed E-state index contributed by atoms with van der Waals surface area (Å²) in [5.74, 6) is 1.56. The maximum atomic E-state index is 11.6. The van der Waals surface area contributed by atoms with E-state index in [1.54, 1.807) is 7.05 Å². The van der Waals surface area contributed by atoms with Gasteiger partial charge in [0.25, 0.3) is 5.91 Å². The number of aliphatic imine (C=N–C) groups is 1. The average molecular weight is 499 g/mol. The largest absolute Gasteiger partial charge is 0.361 e. The molecule has 0 atom stereocenters. The number of benzene rings is 1. The third-order valence-corrected chi connectivity index (χ3v) is 4.25. The standard InChI is InChI=1S/C20H29N5O2.HI/c1-5-17-16(18(6-2)27-25-17)13-24-20(22-7-3)23-12-14-8-10-15(11-9-14)19(26)21-4;/h8-11H,5-7,12-13H2,1-4H3,(H,21,26)(H2,22,23,24);1H. The zero-order chi connectivity index (χ0) is 19.6. The van der Waals surface area contributed by atoms with E-state index in [4.69, 9.17) is 4.52 Å². The van der Waals surface area contributed by atoms with E-state index in [1.807, 2.05) is 31.2 Å². The SMILES string of the molecule is CCNC(=NCc1ccc(C(=O)NC)cc1)NCc1c(CC)noc1CC.I. The highest BCUT2D eigenvalue weighted by Gasteiger charge is 2.13. The van der Waals surface area contributed by atoms with E-state index in [9.17, 15) is 4.79 Å². The predicted molar refractivity (Wildman–Crippen MR) is 122 cm³/mol. The van der Waals surface area contributed by atoms with E-state index in [0.717, 1.165) is 47.9 Å². The van der Waals surface area contributed by atoms with Crippen LogP contribution in [-0.2, 0) is 25.9 Å². The minimum atomic E-state index is -0.0905. The van der Waals surface area contributed by atoms with Gasteiger partial charge in [0.2, 0.25) is 0 Å². The number of rotatable bonds is 8. The number of halogens is 1. The van der Waals surface area contributed by atoms with Crippen molar-refractivity contribution in [1.82, 2.24) is 21.1 Å². The van der Waals surface area contributed by atoms with Gasteiger partial charge in [0, 0.05) is 37.7 Å². The summed E-state index contributed by atoms with van der Waals surface area (Å²) in [6.07, 6.45) is 1.65. The van der Waals surface area contributed by atoms with E-state index < -0.39 is 0 Å². The van der Waals surface area contributed by atoms with Gasteiger partial charge in [0.05, 0.1) is 12.2 Å². The summed E-state index contributed by atoms with van der Waals surface area (Å²) in [6.45, 7) is 8.08. The van der Waals surface area contributed by atoms with Crippen molar-refractivity contribution in [2.24, 2.45) is 4.99 Å². The van der Waals surface area contributed by atoms with Crippen LogP contribution in [0.5, 0.6) is 0 Å². The first-order valence-electron chi connectivity index (χ1n) is 9.42. The molecule has 0 aliphatic rings. The Morgan fingerprint density at radius 2 is 1.82 bits per heavy atom. The van der Waals surface area contributed by atoms with Crippen LogP contribution in [0, 0.1) is 0 Å². The fraction of sp³-hybridized carbons (Fsp3) is 0.450. The first-order valence-corrected chi connectivity index (χ1v) is 9.42. The Kier molecular flexibility index (Phi) is 10.6. The summed E-state index contributed by atoms with van der Waals surface area (Å²) in [5.41, 5.74) is 3.77. The Morgan fingerprint density at radius 1 is 1.11 bits per heavy atom. The lowest BCUT2D eigenvalue weighted by Gasteiger charge is -2.12. The van der Waals surface area contributed by atoms with Gasteiger partial charge in [-0.15, -0.1) is 24.0 Å². The van der Waals surface area contributed by atoms with Gasteiger partial charge in [0.15, 0.2) is 5.96 Å². The topological polar surface area (TPSA) is 91.5 Å². The van der Waals surface area contributed by atoms with Crippen LogP contribution in [0.15, 0.2) is 33.8 Å². The number of nitrogens with zero attached hydrogens (tertiary/aromatic N) is 2. The molecule has 8 heteroatoms. The fourth-order valence-electron chi connectivity index (χ4n) is 2.73. The maximum Gasteiger partial charge on any atom is 0.251 e.